The number of hydrogen-bond acceptors (Lipinski definition) is 8. The first-order valence-electron chi connectivity index (χ1n) is 7.36. The molecule has 3 heterocycles. The zero-order chi connectivity index (χ0) is 18.1. The van der Waals surface area contributed by atoms with Gasteiger partial charge in [-0.2, -0.15) is 4.98 Å². The van der Waals surface area contributed by atoms with Gasteiger partial charge in [-0.25, -0.2) is 9.97 Å². The quantitative estimate of drug-likeness (QED) is 0.444. The molecular formula is C14H14Cl2N4O5. The van der Waals surface area contributed by atoms with Crippen molar-refractivity contribution in [1.29, 1.82) is 0 Å². The zero-order valence-corrected chi connectivity index (χ0v) is 14.8. The van der Waals surface area contributed by atoms with E-state index in [1.807, 2.05) is 0 Å². The second-order valence-corrected chi connectivity index (χ2v) is 6.12. The number of esters is 2. The van der Waals surface area contributed by atoms with Crippen molar-refractivity contribution < 1.29 is 23.8 Å². The number of rotatable bonds is 4. The maximum atomic E-state index is 11.3. The molecule has 0 radical (unpaired) electrons. The molecule has 1 aliphatic heterocycles. The first-order chi connectivity index (χ1) is 11.8. The SMILES string of the molecule is CC(=O)OC[C@H]1O[C@@H](n2cnc3c(Cl)nc(Cl)nc32)C[C@H]1OC(C)=O. The van der Waals surface area contributed by atoms with Crippen LogP contribution in [0.5, 0.6) is 0 Å². The second-order valence-electron chi connectivity index (χ2n) is 5.42. The number of hydrogen-bond donors (Lipinski definition) is 0. The predicted molar refractivity (Wildman–Crippen MR) is 86.1 cm³/mol. The van der Waals surface area contributed by atoms with Gasteiger partial charge < -0.3 is 14.2 Å². The minimum absolute atomic E-state index is 0.0229. The molecular weight excluding hydrogens is 375 g/mol. The fraction of sp³-hybridized carbons (Fsp3) is 0.500. The Kier molecular flexibility index (Phi) is 5.07. The molecule has 134 valence electrons. The Labute approximate surface area is 152 Å². The molecule has 1 saturated heterocycles. The van der Waals surface area contributed by atoms with Gasteiger partial charge in [0.15, 0.2) is 10.8 Å². The highest BCUT2D eigenvalue weighted by Gasteiger charge is 2.40. The molecule has 9 nitrogen and oxygen atoms in total. The van der Waals surface area contributed by atoms with E-state index >= 15 is 0 Å². The van der Waals surface area contributed by atoms with Crippen LogP contribution in [0, 0.1) is 0 Å². The molecule has 0 bridgehead atoms. The van der Waals surface area contributed by atoms with Crippen molar-refractivity contribution in [2.75, 3.05) is 6.61 Å². The van der Waals surface area contributed by atoms with Gasteiger partial charge in [0, 0.05) is 20.3 Å². The van der Waals surface area contributed by atoms with E-state index in [1.54, 1.807) is 4.57 Å². The maximum Gasteiger partial charge on any atom is 0.303 e. The standard InChI is InChI=1S/C14H14Cl2N4O5/c1-6(21)23-4-9-8(24-7(2)22)3-10(25-9)20-5-17-11-12(15)18-14(16)19-13(11)20/h5,8-10H,3-4H2,1-2H3/t8-,9-,10-/m1/s1. The van der Waals surface area contributed by atoms with E-state index < -0.39 is 30.4 Å². The summed E-state index contributed by atoms with van der Waals surface area (Å²) >= 11 is 11.9. The Balaban J connectivity index is 1.87. The molecule has 0 aromatic carbocycles. The Morgan fingerprint density at radius 1 is 1.32 bits per heavy atom. The highest BCUT2D eigenvalue weighted by atomic mass is 35.5. The summed E-state index contributed by atoms with van der Waals surface area (Å²) in [4.78, 5) is 34.5. The molecule has 25 heavy (non-hydrogen) atoms. The van der Waals surface area contributed by atoms with E-state index in [2.05, 4.69) is 15.0 Å². The van der Waals surface area contributed by atoms with Gasteiger partial charge in [-0.05, 0) is 11.6 Å². The van der Waals surface area contributed by atoms with Gasteiger partial charge >= 0.3 is 11.9 Å². The number of fused-ring (bicyclic) bond motifs is 1. The number of carbonyl (C=O) groups excluding carboxylic acids is 2. The molecule has 11 heteroatoms. The lowest BCUT2D eigenvalue weighted by Gasteiger charge is -2.17. The number of nitrogens with zero attached hydrogens (tertiary/aromatic N) is 4. The minimum atomic E-state index is -0.608. The van der Waals surface area contributed by atoms with Crippen molar-refractivity contribution in [1.82, 2.24) is 19.5 Å². The van der Waals surface area contributed by atoms with Crippen LogP contribution in [0.4, 0.5) is 0 Å². The van der Waals surface area contributed by atoms with Gasteiger partial charge in [0.2, 0.25) is 5.28 Å². The van der Waals surface area contributed by atoms with Gasteiger partial charge in [0.25, 0.3) is 0 Å². The summed E-state index contributed by atoms with van der Waals surface area (Å²) in [6.45, 7) is 2.56. The molecule has 0 spiro atoms. The third-order valence-corrected chi connectivity index (χ3v) is 4.04. The van der Waals surface area contributed by atoms with Crippen molar-refractivity contribution in [3.8, 4) is 0 Å². The average Bonchev–Trinajstić information content (AvgIpc) is 3.08. The molecule has 0 N–H and O–H groups in total. The zero-order valence-electron chi connectivity index (χ0n) is 13.3. The van der Waals surface area contributed by atoms with Crippen molar-refractivity contribution >= 4 is 46.3 Å². The third kappa shape index (κ3) is 3.83. The molecule has 3 rings (SSSR count). The number of imidazole rings is 1. The lowest BCUT2D eigenvalue weighted by molar-refractivity contribution is -0.155. The number of carbonyl (C=O) groups is 2. The van der Waals surface area contributed by atoms with Gasteiger partial charge in [-0.15, -0.1) is 0 Å². The molecule has 2 aromatic rings. The molecule has 3 atom stereocenters. The van der Waals surface area contributed by atoms with E-state index in [0.717, 1.165) is 0 Å². The second kappa shape index (κ2) is 7.11. The highest BCUT2D eigenvalue weighted by molar-refractivity contribution is 6.35. The van der Waals surface area contributed by atoms with Gasteiger partial charge in [-0.3, -0.25) is 14.2 Å². The Bertz CT molecular complexity index is 827. The normalized spacial score (nSPS) is 23.0. The van der Waals surface area contributed by atoms with E-state index in [4.69, 9.17) is 37.4 Å². The first-order valence-corrected chi connectivity index (χ1v) is 8.12. The molecule has 0 unspecified atom stereocenters. The number of halogens is 2. The number of ether oxygens (including phenoxy) is 3. The lowest BCUT2D eigenvalue weighted by Crippen LogP contribution is -2.31. The summed E-state index contributed by atoms with van der Waals surface area (Å²) in [5.41, 5.74) is 0.770. The summed E-state index contributed by atoms with van der Waals surface area (Å²) < 4.78 is 17.8. The lowest BCUT2D eigenvalue weighted by atomic mass is 10.2. The Morgan fingerprint density at radius 3 is 2.76 bits per heavy atom. The van der Waals surface area contributed by atoms with Crippen LogP contribution in [-0.4, -0.2) is 50.3 Å². The van der Waals surface area contributed by atoms with Crippen LogP contribution in [-0.2, 0) is 23.8 Å². The van der Waals surface area contributed by atoms with Crippen molar-refractivity contribution in [2.45, 2.75) is 38.7 Å². The van der Waals surface area contributed by atoms with Crippen molar-refractivity contribution in [2.24, 2.45) is 0 Å². The van der Waals surface area contributed by atoms with Crippen LogP contribution >= 0.6 is 23.2 Å². The fourth-order valence-corrected chi connectivity index (χ4v) is 3.05. The highest BCUT2D eigenvalue weighted by Crippen LogP contribution is 2.34. The minimum Gasteiger partial charge on any atom is -0.463 e. The van der Waals surface area contributed by atoms with Crippen LogP contribution in [0.15, 0.2) is 6.33 Å². The molecule has 0 amide bonds. The molecule has 0 aliphatic carbocycles. The first kappa shape index (κ1) is 17.8. The summed E-state index contributed by atoms with van der Waals surface area (Å²) in [6.07, 6.45) is 0.0913. The molecule has 0 saturated carbocycles. The summed E-state index contributed by atoms with van der Waals surface area (Å²) in [5, 5.41) is 0.102. The topological polar surface area (TPSA) is 105 Å². The van der Waals surface area contributed by atoms with E-state index in [0.29, 0.717) is 17.6 Å². The summed E-state index contributed by atoms with van der Waals surface area (Å²) in [5.74, 6) is -0.904. The van der Waals surface area contributed by atoms with Crippen LogP contribution in [0.3, 0.4) is 0 Å². The fourth-order valence-electron chi connectivity index (χ4n) is 2.63. The van der Waals surface area contributed by atoms with E-state index in [-0.39, 0.29) is 17.0 Å². The summed E-state index contributed by atoms with van der Waals surface area (Å²) in [6, 6.07) is 0. The third-order valence-electron chi connectivity index (χ3n) is 3.61. The largest absolute Gasteiger partial charge is 0.463 e. The Hall–Kier alpha value is -1.97. The predicted octanol–water partition coefficient (Wildman–Crippen LogP) is 1.92. The van der Waals surface area contributed by atoms with Gasteiger partial charge in [0.05, 0.1) is 6.33 Å². The Morgan fingerprint density at radius 2 is 2.08 bits per heavy atom. The average molecular weight is 389 g/mol. The van der Waals surface area contributed by atoms with E-state index in [1.165, 1.54) is 20.2 Å². The van der Waals surface area contributed by atoms with Crippen molar-refractivity contribution in [3.05, 3.63) is 16.8 Å². The summed E-state index contributed by atoms with van der Waals surface area (Å²) in [7, 11) is 0. The van der Waals surface area contributed by atoms with Gasteiger partial charge in [0.1, 0.15) is 30.6 Å². The van der Waals surface area contributed by atoms with E-state index in [9.17, 15) is 9.59 Å². The monoisotopic (exact) mass is 388 g/mol. The maximum absolute atomic E-state index is 11.3. The smallest absolute Gasteiger partial charge is 0.303 e. The van der Waals surface area contributed by atoms with Crippen LogP contribution < -0.4 is 0 Å². The van der Waals surface area contributed by atoms with Crippen LogP contribution in [0.25, 0.3) is 11.2 Å². The van der Waals surface area contributed by atoms with Crippen LogP contribution in [0.2, 0.25) is 10.4 Å². The van der Waals surface area contributed by atoms with Crippen molar-refractivity contribution in [3.63, 3.8) is 0 Å². The molecule has 1 aliphatic rings. The molecule has 2 aromatic heterocycles. The number of aromatic nitrogens is 4. The molecule has 1 fully saturated rings. The van der Waals surface area contributed by atoms with Crippen LogP contribution in [0.1, 0.15) is 26.5 Å². The van der Waals surface area contributed by atoms with Gasteiger partial charge in [-0.1, -0.05) is 11.6 Å².